The number of nitriles is 1. The summed E-state index contributed by atoms with van der Waals surface area (Å²) in [5, 5.41) is 8.70. The Morgan fingerprint density at radius 2 is 1.80 bits per heavy atom. The van der Waals surface area contributed by atoms with E-state index in [0.29, 0.717) is 5.56 Å². The van der Waals surface area contributed by atoms with E-state index in [1.165, 1.54) is 24.3 Å². The van der Waals surface area contributed by atoms with Crippen LogP contribution < -0.4 is 4.72 Å². The number of hydrogen-bond acceptors (Lipinski definition) is 4. The van der Waals surface area contributed by atoms with Crippen LogP contribution in [-0.4, -0.2) is 13.4 Å². The molecule has 0 aliphatic carbocycles. The molecule has 0 aliphatic rings. The van der Waals surface area contributed by atoms with Crippen LogP contribution in [0.1, 0.15) is 16.8 Å². The Labute approximate surface area is 118 Å². The van der Waals surface area contributed by atoms with Crippen molar-refractivity contribution in [2.45, 2.75) is 18.7 Å². The summed E-state index contributed by atoms with van der Waals surface area (Å²) < 4.78 is 26.8. The summed E-state index contributed by atoms with van der Waals surface area (Å²) in [5.74, 6) is 0.284. The summed E-state index contributed by atoms with van der Waals surface area (Å²) >= 11 is 0. The summed E-state index contributed by atoms with van der Waals surface area (Å²) in [4.78, 5) is 4.23. The van der Waals surface area contributed by atoms with E-state index < -0.39 is 10.0 Å². The van der Waals surface area contributed by atoms with Crippen LogP contribution >= 0.6 is 0 Å². The van der Waals surface area contributed by atoms with Gasteiger partial charge in [-0.3, -0.25) is 4.72 Å². The maximum atomic E-state index is 12.2. The lowest BCUT2D eigenvalue weighted by molar-refractivity contribution is 0.601. The predicted octanol–water partition coefficient (Wildman–Crippen LogP) is 2.37. The molecule has 0 atom stereocenters. The summed E-state index contributed by atoms with van der Waals surface area (Å²) in [6.07, 6.45) is 0. The Bertz CT molecular complexity index is 755. The normalized spacial score (nSPS) is 10.8. The van der Waals surface area contributed by atoms with Gasteiger partial charge in [-0.15, -0.1) is 0 Å². The number of nitrogens with zero attached hydrogens (tertiary/aromatic N) is 2. The number of pyridine rings is 1. The second-order valence-corrected chi connectivity index (χ2v) is 6.10. The van der Waals surface area contributed by atoms with Gasteiger partial charge in [-0.2, -0.15) is 5.26 Å². The number of hydrogen-bond donors (Lipinski definition) is 1. The zero-order chi connectivity index (χ0) is 14.8. The van der Waals surface area contributed by atoms with Crippen LogP contribution in [-0.2, 0) is 10.0 Å². The lowest BCUT2D eigenvalue weighted by Crippen LogP contribution is -2.14. The second kappa shape index (κ2) is 5.31. The average molecular weight is 287 g/mol. The first-order chi connectivity index (χ1) is 9.40. The Morgan fingerprint density at radius 3 is 2.35 bits per heavy atom. The molecule has 6 heteroatoms. The number of aryl methyl sites for hydroxylation is 2. The molecule has 0 bridgehead atoms. The van der Waals surface area contributed by atoms with E-state index in [0.717, 1.165) is 11.3 Å². The zero-order valence-electron chi connectivity index (χ0n) is 11.1. The third kappa shape index (κ3) is 3.13. The largest absolute Gasteiger partial charge is 0.263 e. The van der Waals surface area contributed by atoms with Crippen LogP contribution in [0.25, 0.3) is 0 Å². The van der Waals surface area contributed by atoms with Crippen molar-refractivity contribution in [1.29, 1.82) is 5.26 Å². The molecule has 0 unspecified atom stereocenters. The minimum absolute atomic E-state index is 0.0949. The molecule has 2 rings (SSSR count). The third-order valence-electron chi connectivity index (χ3n) is 2.63. The first-order valence-corrected chi connectivity index (χ1v) is 7.37. The SMILES string of the molecule is Cc1cc(C)nc(NS(=O)(=O)c2ccc(C#N)cc2)c1. The summed E-state index contributed by atoms with van der Waals surface area (Å²) in [6, 6.07) is 11.2. The van der Waals surface area contributed by atoms with E-state index in [2.05, 4.69) is 9.71 Å². The Kier molecular flexibility index (Phi) is 3.72. The molecule has 0 saturated carbocycles. The quantitative estimate of drug-likeness (QED) is 0.939. The number of rotatable bonds is 3. The van der Waals surface area contributed by atoms with Gasteiger partial charge in [0.1, 0.15) is 5.82 Å². The third-order valence-corrected chi connectivity index (χ3v) is 4.00. The Hall–Kier alpha value is -2.39. The van der Waals surface area contributed by atoms with Gasteiger partial charge in [-0.05, 0) is 55.8 Å². The van der Waals surface area contributed by atoms with Gasteiger partial charge in [0, 0.05) is 5.69 Å². The van der Waals surface area contributed by atoms with E-state index in [1.54, 1.807) is 13.0 Å². The average Bonchev–Trinajstić information content (AvgIpc) is 2.37. The predicted molar refractivity (Wildman–Crippen MR) is 75.7 cm³/mol. The van der Waals surface area contributed by atoms with Crippen molar-refractivity contribution in [3.63, 3.8) is 0 Å². The fourth-order valence-corrected chi connectivity index (χ4v) is 2.79. The molecule has 0 amide bonds. The first kappa shape index (κ1) is 14.0. The van der Waals surface area contributed by atoms with Crippen molar-refractivity contribution in [2.75, 3.05) is 4.72 Å². The minimum atomic E-state index is -3.69. The molecule has 5 nitrogen and oxygen atoms in total. The highest BCUT2D eigenvalue weighted by Gasteiger charge is 2.15. The smallest absolute Gasteiger partial charge is 0.263 e. The van der Waals surface area contributed by atoms with E-state index in [4.69, 9.17) is 5.26 Å². The first-order valence-electron chi connectivity index (χ1n) is 5.89. The molecule has 0 saturated heterocycles. The summed E-state index contributed by atoms with van der Waals surface area (Å²) in [5.41, 5.74) is 2.08. The standard InChI is InChI=1S/C14H13N3O2S/c1-10-7-11(2)16-14(8-10)17-20(18,19)13-5-3-12(9-15)4-6-13/h3-8H,1-2H3,(H,16,17). The Morgan fingerprint density at radius 1 is 1.15 bits per heavy atom. The van der Waals surface area contributed by atoms with Crippen LogP contribution in [0.15, 0.2) is 41.3 Å². The molecule has 1 heterocycles. The fraction of sp³-hybridized carbons (Fsp3) is 0.143. The highest BCUT2D eigenvalue weighted by atomic mass is 32.2. The van der Waals surface area contributed by atoms with Gasteiger partial charge >= 0.3 is 0 Å². The van der Waals surface area contributed by atoms with Crippen molar-refractivity contribution in [2.24, 2.45) is 0 Å². The maximum absolute atomic E-state index is 12.2. The van der Waals surface area contributed by atoms with E-state index in [-0.39, 0.29) is 10.7 Å². The van der Waals surface area contributed by atoms with Crippen molar-refractivity contribution >= 4 is 15.8 Å². The number of aromatic nitrogens is 1. The van der Waals surface area contributed by atoms with Crippen LogP contribution in [0, 0.1) is 25.2 Å². The molecular weight excluding hydrogens is 274 g/mol. The van der Waals surface area contributed by atoms with Gasteiger partial charge in [0.2, 0.25) is 0 Å². The zero-order valence-corrected chi connectivity index (χ0v) is 11.9. The van der Waals surface area contributed by atoms with E-state index >= 15 is 0 Å². The minimum Gasteiger partial charge on any atom is -0.263 e. The second-order valence-electron chi connectivity index (χ2n) is 4.41. The van der Waals surface area contributed by atoms with Gasteiger partial charge in [-0.1, -0.05) is 0 Å². The van der Waals surface area contributed by atoms with E-state index in [9.17, 15) is 8.42 Å². The summed E-state index contributed by atoms with van der Waals surface area (Å²) in [6.45, 7) is 3.67. The topological polar surface area (TPSA) is 82.8 Å². The highest BCUT2D eigenvalue weighted by molar-refractivity contribution is 7.92. The van der Waals surface area contributed by atoms with Crippen LogP contribution in [0.5, 0.6) is 0 Å². The highest BCUT2D eigenvalue weighted by Crippen LogP contribution is 2.16. The van der Waals surface area contributed by atoms with Gasteiger partial charge in [0.15, 0.2) is 0 Å². The van der Waals surface area contributed by atoms with Gasteiger partial charge in [0.25, 0.3) is 10.0 Å². The van der Waals surface area contributed by atoms with Gasteiger partial charge in [-0.25, -0.2) is 13.4 Å². The monoisotopic (exact) mass is 287 g/mol. The van der Waals surface area contributed by atoms with Crippen molar-refractivity contribution in [3.8, 4) is 6.07 Å². The Balaban J connectivity index is 2.33. The molecule has 1 aromatic heterocycles. The number of anilines is 1. The number of nitrogens with one attached hydrogen (secondary N) is 1. The van der Waals surface area contributed by atoms with Crippen LogP contribution in [0.2, 0.25) is 0 Å². The molecular formula is C14H13N3O2S. The van der Waals surface area contributed by atoms with E-state index in [1.807, 2.05) is 19.1 Å². The van der Waals surface area contributed by atoms with Gasteiger partial charge < -0.3 is 0 Å². The molecule has 2 aromatic rings. The number of sulfonamides is 1. The molecule has 1 aromatic carbocycles. The molecule has 0 aliphatic heterocycles. The lowest BCUT2D eigenvalue weighted by Gasteiger charge is -2.08. The molecule has 102 valence electrons. The molecule has 1 N–H and O–H groups in total. The summed E-state index contributed by atoms with van der Waals surface area (Å²) in [7, 11) is -3.69. The van der Waals surface area contributed by atoms with Crippen molar-refractivity contribution in [1.82, 2.24) is 4.98 Å². The van der Waals surface area contributed by atoms with Crippen molar-refractivity contribution < 1.29 is 8.42 Å². The lowest BCUT2D eigenvalue weighted by atomic mass is 10.2. The van der Waals surface area contributed by atoms with Crippen LogP contribution in [0.3, 0.4) is 0 Å². The fourth-order valence-electron chi connectivity index (χ4n) is 1.80. The number of benzene rings is 1. The van der Waals surface area contributed by atoms with Crippen molar-refractivity contribution in [3.05, 3.63) is 53.2 Å². The maximum Gasteiger partial charge on any atom is 0.263 e. The molecule has 0 spiro atoms. The molecule has 20 heavy (non-hydrogen) atoms. The molecule has 0 radical (unpaired) electrons. The van der Waals surface area contributed by atoms with Crippen LogP contribution in [0.4, 0.5) is 5.82 Å². The van der Waals surface area contributed by atoms with Gasteiger partial charge in [0.05, 0.1) is 16.5 Å². The molecule has 0 fully saturated rings.